The molecule has 0 radical (unpaired) electrons. The van der Waals surface area contributed by atoms with Gasteiger partial charge >= 0.3 is 0 Å². The first-order valence-electron chi connectivity index (χ1n) is 7.48. The number of benzene rings is 1. The van der Waals surface area contributed by atoms with Gasteiger partial charge in [-0.2, -0.15) is 0 Å². The van der Waals surface area contributed by atoms with E-state index in [9.17, 15) is 18.7 Å². The first-order chi connectivity index (χ1) is 11.0. The number of aryl methyl sites for hydroxylation is 1. The number of rotatable bonds is 4. The molecule has 6 heteroatoms. The number of nitrogens with zero attached hydrogens (tertiary/aromatic N) is 1. The van der Waals surface area contributed by atoms with E-state index < -0.39 is 23.8 Å². The van der Waals surface area contributed by atoms with Crippen LogP contribution in [0.3, 0.4) is 0 Å². The van der Waals surface area contributed by atoms with Crippen molar-refractivity contribution in [3.63, 3.8) is 0 Å². The van der Waals surface area contributed by atoms with Gasteiger partial charge < -0.3 is 14.4 Å². The molecule has 1 saturated heterocycles. The number of halogens is 2. The molecule has 122 valence electrons. The van der Waals surface area contributed by atoms with E-state index in [4.69, 9.17) is 4.42 Å². The molecule has 1 aromatic carbocycles. The van der Waals surface area contributed by atoms with Gasteiger partial charge in [0.15, 0.2) is 0 Å². The second-order valence-corrected chi connectivity index (χ2v) is 5.75. The first-order valence-corrected chi connectivity index (χ1v) is 7.48. The lowest BCUT2D eigenvalue weighted by Gasteiger charge is -2.25. The lowest BCUT2D eigenvalue weighted by Crippen LogP contribution is -2.32. The van der Waals surface area contributed by atoms with Gasteiger partial charge in [0.2, 0.25) is 5.91 Å². The first kappa shape index (κ1) is 15.7. The van der Waals surface area contributed by atoms with Crippen LogP contribution in [0.25, 0.3) is 0 Å². The van der Waals surface area contributed by atoms with Gasteiger partial charge in [-0.3, -0.25) is 4.79 Å². The van der Waals surface area contributed by atoms with Crippen molar-refractivity contribution >= 4 is 5.91 Å². The van der Waals surface area contributed by atoms with Gasteiger partial charge in [0, 0.05) is 18.5 Å². The van der Waals surface area contributed by atoms with Crippen molar-refractivity contribution in [2.24, 2.45) is 0 Å². The second kappa shape index (κ2) is 6.50. The summed E-state index contributed by atoms with van der Waals surface area (Å²) in [6.07, 6.45) is 3.29. The standard InChI is InChI=1S/C17H17F2NO3/c18-12-2-3-15(19)14(7-12)16-8-13(21)9-20(16)17(22)4-1-11-5-6-23-10-11/h2-3,5-7,10,13,16,21H,1,4,8-9H2/t13-,16-/m0/s1. The number of hydrogen-bond donors (Lipinski definition) is 1. The van der Waals surface area contributed by atoms with E-state index >= 15 is 0 Å². The Balaban J connectivity index is 1.76. The summed E-state index contributed by atoms with van der Waals surface area (Å²) >= 11 is 0. The van der Waals surface area contributed by atoms with Crippen LogP contribution in [0, 0.1) is 11.6 Å². The normalized spacial score (nSPS) is 20.9. The molecular formula is C17H17F2NO3. The van der Waals surface area contributed by atoms with Crippen LogP contribution in [0.2, 0.25) is 0 Å². The zero-order valence-electron chi connectivity index (χ0n) is 12.4. The lowest BCUT2D eigenvalue weighted by molar-refractivity contribution is -0.132. The maximum Gasteiger partial charge on any atom is 0.223 e. The molecule has 0 spiro atoms. The zero-order chi connectivity index (χ0) is 16.4. The quantitative estimate of drug-likeness (QED) is 0.942. The van der Waals surface area contributed by atoms with E-state index in [2.05, 4.69) is 0 Å². The Morgan fingerprint density at radius 2 is 2.17 bits per heavy atom. The molecule has 1 N–H and O–H groups in total. The number of carbonyl (C=O) groups excluding carboxylic acids is 1. The summed E-state index contributed by atoms with van der Waals surface area (Å²) in [7, 11) is 0. The van der Waals surface area contributed by atoms with E-state index in [0.29, 0.717) is 6.42 Å². The van der Waals surface area contributed by atoms with Crippen LogP contribution in [0.5, 0.6) is 0 Å². The molecule has 1 fully saturated rings. The highest BCUT2D eigenvalue weighted by molar-refractivity contribution is 5.77. The predicted octanol–water partition coefficient (Wildman–Crippen LogP) is 2.82. The van der Waals surface area contributed by atoms with Crippen LogP contribution in [0.1, 0.15) is 30.0 Å². The van der Waals surface area contributed by atoms with E-state index in [0.717, 1.165) is 23.8 Å². The SMILES string of the molecule is O=C(CCc1ccoc1)N1C[C@@H](O)C[C@H]1c1cc(F)ccc1F. The Labute approximate surface area is 132 Å². The second-order valence-electron chi connectivity index (χ2n) is 5.75. The summed E-state index contributed by atoms with van der Waals surface area (Å²) in [6.45, 7) is 0.130. The van der Waals surface area contributed by atoms with Gasteiger partial charge in [-0.05, 0) is 42.7 Å². The van der Waals surface area contributed by atoms with E-state index in [1.165, 1.54) is 11.2 Å². The maximum atomic E-state index is 14.0. The molecule has 4 nitrogen and oxygen atoms in total. The Bertz CT molecular complexity index is 687. The van der Waals surface area contributed by atoms with Crippen LogP contribution >= 0.6 is 0 Å². The van der Waals surface area contributed by atoms with E-state index in [-0.39, 0.29) is 30.9 Å². The van der Waals surface area contributed by atoms with Crippen molar-refractivity contribution < 1.29 is 23.1 Å². The fourth-order valence-corrected chi connectivity index (χ4v) is 2.98. The average molecular weight is 321 g/mol. The summed E-state index contributed by atoms with van der Waals surface area (Å²) in [4.78, 5) is 13.9. The van der Waals surface area contributed by atoms with Crippen LogP contribution in [0.4, 0.5) is 8.78 Å². The molecule has 0 unspecified atom stereocenters. The summed E-state index contributed by atoms with van der Waals surface area (Å²) in [5.41, 5.74) is 1.00. The fourth-order valence-electron chi connectivity index (χ4n) is 2.98. The largest absolute Gasteiger partial charge is 0.472 e. The molecule has 2 heterocycles. The predicted molar refractivity (Wildman–Crippen MR) is 78.5 cm³/mol. The Kier molecular flexibility index (Phi) is 4.43. The minimum absolute atomic E-state index is 0.109. The van der Waals surface area contributed by atoms with Gasteiger partial charge in [-0.15, -0.1) is 0 Å². The van der Waals surface area contributed by atoms with Crippen molar-refractivity contribution in [3.8, 4) is 0 Å². The highest BCUT2D eigenvalue weighted by Crippen LogP contribution is 2.34. The zero-order valence-corrected chi connectivity index (χ0v) is 12.4. The summed E-state index contributed by atoms with van der Waals surface area (Å²) in [5, 5.41) is 9.87. The molecule has 1 amide bonds. The Morgan fingerprint density at radius 3 is 2.91 bits per heavy atom. The number of amides is 1. The van der Waals surface area contributed by atoms with Crippen LogP contribution in [-0.2, 0) is 11.2 Å². The number of furan rings is 1. The van der Waals surface area contributed by atoms with Gasteiger partial charge in [0.05, 0.1) is 24.7 Å². The number of aliphatic hydroxyl groups excluding tert-OH is 1. The number of carbonyl (C=O) groups is 1. The van der Waals surface area contributed by atoms with E-state index in [1.807, 2.05) is 0 Å². The maximum absolute atomic E-state index is 14.0. The number of hydrogen-bond acceptors (Lipinski definition) is 3. The van der Waals surface area contributed by atoms with E-state index in [1.54, 1.807) is 12.3 Å². The van der Waals surface area contributed by atoms with Crippen molar-refractivity contribution in [1.29, 1.82) is 0 Å². The number of aliphatic hydroxyl groups is 1. The third kappa shape index (κ3) is 3.42. The molecule has 3 rings (SSSR count). The molecule has 1 aromatic heterocycles. The topological polar surface area (TPSA) is 53.7 Å². The third-order valence-corrected chi connectivity index (χ3v) is 4.12. The fraction of sp³-hybridized carbons (Fsp3) is 0.353. The number of β-amino-alcohol motifs (C(OH)–C–C–N with tert-alkyl or cyclic N) is 1. The molecule has 0 bridgehead atoms. The molecule has 0 saturated carbocycles. The Morgan fingerprint density at radius 1 is 1.35 bits per heavy atom. The lowest BCUT2D eigenvalue weighted by atomic mass is 10.0. The highest BCUT2D eigenvalue weighted by Gasteiger charge is 2.36. The van der Waals surface area contributed by atoms with Crippen molar-refractivity contribution in [3.05, 3.63) is 59.6 Å². The van der Waals surface area contributed by atoms with Crippen LogP contribution in [0.15, 0.2) is 41.2 Å². The smallest absolute Gasteiger partial charge is 0.223 e. The third-order valence-electron chi connectivity index (χ3n) is 4.12. The van der Waals surface area contributed by atoms with Crippen LogP contribution in [-0.4, -0.2) is 28.6 Å². The highest BCUT2D eigenvalue weighted by atomic mass is 19.1. The minimum Gasteiger partial charge on any atom is -0.472 e. The number of likely N-dealkylation sites (tertiary alicyclic amines) is 1. The minimum atomic E-state index is -0.736. The molecule has 1 aliphatic heterocycles. The van der Waals surface area contributed by atoms with Crippen molar-refractivity contribution in [1.82, 2.24) is 4.90 Å². The molecule has 1 aliphatic rings. The monoisotopic (exact) mass is 321 g/mol. The molecule has 23 heavy (non-hydrogen) atoms. The van der Waals surface area contributed by atoms with Gasteiger partial charge in [0.25, 0.3) is 0 Å². The molecule has 2 atom stereocenters. The summed E-state index contributed by atoms with van der Waals surface area (Å²) < 4.78 is 32.4. The average Bonchev–Trinajstić information content (AvgIpc) is 3.16. The Hall–Kier alpha value is -2.21. The summed E-state index contributed by atoms with van der Waals surface area (Å²) in [5.74, 6) is -1.33. The van der Waals surface area contributed by atoms with Crippen LogP contribution < -0.4 is 0 Å². The van der Waals surface area contributed by atoms with Crippen molar-refractivity contribution in [2.75, 3.05) is 6.54 Å². The molecule has 2 aromatic rings. The summed E-state index contributed by atoms with van der Waals surface area (Å²) in [6, 6.07) is 4.31. The van der Waals surface area contributed by atoms with Gasteiger partial charge in [0.1, 0.15) is 11.6 Å². The van der Waals surface area contributed by atoms with Gasteiger partial charge in [-0.1, -0.05) is 0 Å². The van der Waals surface area contributed by atoms with Gasteiger partial charge in [-0.25, -0.2) is 8.78 Å². The van der Waals surface area contributed by atoms with Crippen molar-refractivity contribution in [2.45, 2.75) is 31.4 Å². The molecular weight excluding hydrogens is 304 g/mol. The molecule has 0 aliphatic carbocycles.